The van der Waals surface area contributed by atoms with E-state index in [-0.39, 0.29) is 11.6 Å². The quantitative estimate of drug-likeness (QED) is 0.526. The summed E-state index contributed by atoms with van der Waals surface area (Å²) in [5.41, 5.74) is 4.99. The van der Waals surface area contributed by atoms with Gasteiger partial charge in [-0.05, 0) is 32.8 Å². The van der Waals surface area contributed by atoms with Crippen LogP contribution >= 0.6 is 0 Å². The summed E-state index contributed by atoms with van der Waals surface area (Å²) >= 11 is 0. The van der Waals surface area contributed by atoms with E-state index in [0.29, 0.717) is 42.5 Å². The molecule has 33 heavy (non-hydrogen) atoms. The third-order valence-electron chi connectivity index (χ3n) is 6.24. The van der Waals surface area contributed by atoms with Gasteiger partial charge in [-0.2, -0.15) is 4.98 Å². The molecule has 1 aromatic carbocycles. The molecule has 0 saturated carbocycles. The first kappa shape index (κ1) is 23.1. The molecule has 1 N–H and O–H groups in total. The molecule has 0 aliphatic carbocycles. The van der Waals surface area contributed by atoms with Crippen molar-refractivity contribution in [2.24, 2.45) is 0 Å². The zero-order chi connectivity index (χ0) is 23.5. The number of rotatable bonds is 8. The molecule has 1 saturated heterocycles. The highest BCUT2D eigenvalue weighted by atomic mass is 16.5. The lowest BCUT2D eigenvalue weighted by atomic mass is 10.0. The number of Topliss-reactive ketones (excluding diaryl/α,β-unsaturated/α-hetero) is 2. The fourth-order valence-electron chi connectivity index (χ4n) is 4.46. The molecule has 0 spiro atoms. The van der Waals surface area contributed by atoms with Crippen LogP contribution < -0.4 is 0 Å². The van der Waals surface area contributed by atoms with Crippen LogP contribution in [0.3, 0.4) is 0 Å². The Labute approximate surface area is 194 Å². The van der Waals surface area contributed by atoms with Crippen molar-refractivity contribution in [2.45, 2.75) is 40.7 Å². The molecule has 2 aromatic heterocycles. The lowest BCUT2D eigenvalue weighted by molar-refractivity contribution is 0.0822. The smallest absolute Gasteiger partial charge is 0.241 e. The average Bonchev–Trinajstić information content (AvgIpc) is 3.39. The van der Waals surface area contributed by atoms with E-state index < -0.39 is 0 Å². The summed E-state index contributed by atoms with van der Waals surface area (Å²) in [5, 5.41) is 4.11. The van der Waals surface area contributed by atoms with E-state index in [1.54, 1.807) is 6.92 Å². The zero-order valence-electron chi connectivity index (χ0n) is 19.8. The summed E-state index contributed by atoms with van der Waals surface area (Å²) in [4.78, 5) is 37.1. The number of ketones is 2. The van der Waals surface area contributed by atoms with Crippen LogP contribution in [-0.4, -0.2) is 69.2 Å². The van der Waals surface area contributed by atoms with E-state index in [1.165, 1.54) is 5.56 Å². The number of hydrogen-bond acceptors (Lipinski definition) is 7. The second-order valence-electron chi connectivity index (χ2n) is 8.74. The molecule has 8 nitrogen and oxygen atoms in total. The molecule has 0 radical (unpaired) electrons. The van der Waals surface area contributed by atoms with E-state index in [2.05, 4.69) is 24.9 Å². The van der Waals surface area contributed by atoms with Crippen molar-refractivity contribution in [2.75, 3.05) is 32.7 Å². The molecule has 1 aliphatic rings. The van der Waals surface area contributed by atoms with Crippen molar-refractivity contribution in [3.8, 4) is 11.4 Å². The lowest BCUT2D eigenvalue weighted by Crippen LogP contribution is -2.47. The van der Waals surface area contributed by atoms with Gasteiger partial charge >= 0.3 is 0 Å². The van der Waals surface area contributed by atoms with Crippen LogP contribution in [0, 0.1) is 13.8 Å². The van der Waals surface area contributed by atoms with Gasteiger partial charge < -0.3 is 9.51 Å². The number of aryl methyl sites for hydroxylation is 2. The Morgan fingerprint density at radius 1 is 1.06 bits per heavy atom. The van der Waals surface area contributed by atoms with Crippen LogP contribution in [0.2, 0.25) is 0 Å². The minimum absolute atomic E-state index is 0.000162. The standard InChI is InChI=1S/C25H31N5O3/c1-5-20-23(18(4)31)17(3)26-24(20)21(32)14-29-10-12-30(13-11-29)15-22-27-25(28-33-22)19-8-6-16(2)7-9-19/h6-9,26H,5,10-15H2,1-4H3. The molecule has 1 aliphatic heterocycles. The Morgan fingerprint density at radius 3 is 2.36 bits per heavy atom. The Balaban J connectivity index is 1.32. The van der Waals surface area contributed by atoms with Gasteiger partial charge in [0, 0.05) is 43.0 Å². The Bertz CT molecular complexity index is 1140. The summed E-state index contributed by atoms with van der Waals surface area (Å²) in [6.45, 7) is 11.6. The SMILES string of the molecule is CCc1c(C(=O)CN2CCN(Cc3nc(-c4ccc(C)cc4)no3)CC2)[nH]c(C)c1C(C)=O. The van der Waals surface area contributed by atoms with Gasteiger partial charge in [-0.15, -0.1) is 0 Å². The van der Waals surface area contributed by atoms with Gasteiger partial charge in [-0.1, -0.05) is 41.9 Å². The van der Waals surface area contributed by atoms with Crippen LogP contribution in [-0.2, 0) is 13.0 Å². The van der Waals surface area contributed by atoms with Crippen LogP contribution in [0.1, 0.15) is 57.4 Å². The predicted molar refractivity (Wildman–Crippen MR) is 125 cm³/mol. The fourth-order valence-corrected chi connectivity index (χ4v) is 4.46. The number of hydrogen-bond donors (Lipinski definition) is 1. The summed E-state index contributed by atoms with van der Waals surface area (Å²) in [6.07, 6.45) is 0.656. The molecule has 0 unspecified atom stereocenters. The van der Waals surface area contributed by atoms with E-state index in [1.807, 2.05) is 45.0 Å². The highest BCUT2D eigenvalue weighted by Gasteiger charge is 2.25. The third-order valence-corrected chi connectivity index (χ3v) is 6.24. The van der Waals surface area contributed by atoms with Crippen molar-refractivity contribution in [3.63, 3.8) is 0 Å². The minimum Gasteiger partial charge on any atom is -0.355 e. The highest BCUT2D eigenvalue weighted by Crippen LogP contribution is 2.22. The van der Waals surface area contributed by atoms with E-state index in [9.17, 15) is 9.59 Å². The molecule has 174 valence electrons. The molecule has 0 atom stereocenters. The first-order chi connectivity index (χ1) is 15.9. The second kappa shape index (κ2) is 9.80. The van der Waals surface area contributed by atoms with Crippen LogP contribution in [0.25, 0.3) is 11.4 Å². The number of aromatic amines is 1. The van der Waals surface area contributed by atoms with Crippen molar-refractivity contribution in [3.05, 3.63) is 58.2 Å². The topological polar surface area (TPSA) is 95.3 Å². The van der Waals surface area contributed by atoms with Gasteiger partial charge in [0.25, 0.3) is 0 Å². The van der Waals surface area contributed by atoms with Crippen LogP contribution in [0.5, 0.6) is 0 Å². The van der Waals surface area contributed by atoms with Crippen molar-refractivity contribution < 1.29 is 14.1 Å². The number of nitrogens with zero attached hydrogens (tertiary/aromatic N) is 4. The van der Waals surface area contributed by atoms with Crippen molar-refractivity contribution >= 4 is 11.6 Å². The highest BCUT2D eigenvalue weighted by molar-refractivity contribution is 6.04. The molecule has 3 aromatic rings. The maximum Gasteiger partial charge on any atom is 0.241 e. The summed E-state index contributed by atoms with van der Waals surface area (Å²) in [5.74, 6) is 1.24. The molecular weight excluding hydrogens is 418 g/mol. The zero-order valence-corrected chi connectivity index (χ0v) is 19.8. The largest absolute Gasteiger partial charge is 0.355 e. The van der Waals surface area contributed by atoms with Gasteiger partial charge in [-0.3, -0.25) is 19.4 Å². The molecule has 1 fully saturated rings. The van der Waals surface area contributed by atoms with Crippen LogP contribution in [0.4, 0.5) is 0 Å². The maximum absolute atomic E-state index is 13.0. The van der Waals surface area contributed by atoms with Crippen molar-refractivity contribution in [1.29, 1.82) is 0 Å². The summed E-state index contributed by atoms with van der Waals surface area (Å²) in [6, 6.07) is 8.05. The molecule has 3 heterocycles. The first-order valence-corrected chi connectivity index (χ1v) is 11.5. The van der Waals surface area contributed by atoms with E-state index in [4.69, 9.17) is 4.52 Å². The first-order valence-electron chi connectivity index (χ1n) is 11.5. The van der Waals surface area contributed by atoms with E-state index in [0.717, 1.165) is 43.0 Å². The Hall–Kier alpha value is -3.10. The fraction of sp³-hybridized carbons (Fsp3) is 0.440. The number of nitrogens with one attached hydrogen (secondary N) is 1. The average molecular weight is 450 g/mol. The maximum atomic E-state index is 13.0. The Morgan fingerprint density at radius 2 is 1.73 bits per heavy atom. The summed E-state index contributed by atoms with van der Waals surface area (Å²) < 4.78 is 5.46. The van der Waals surface area contributed by atoms with E-state index >= 15 is 0 Å². The monoisotopic (exact) mass is 449 g/mol. The lowest BCUT2D eigenvalue weighted by Gasteiger charge is -2.33. The van der Waals surface area contributed by atoms with Gasteiger partial charge in [-0.25, -0.2) is 0 Å². The molecule has 0 bridgehead atoms. The van der Waals surface area contributed by atoms with Crippen LogP contribution in [0.15, 0.2) is 28.8 Å². The third kappa shape index (κ3) is 5.12. The molecule has 4 rings (SSSR count). The van der Waals surface area contributed by atoms with Gasteiger partial charge in [0.1, 0.15) is 0 Å². The number of carbonyl (C=O) groups is 2. The van der Waals surface area contributed by atoms with Gasteiger partial charge in [0.05, 0.1) is 18.8 Å². The normalized spacial score (nSPS) is 15.2. The molecule has 0 amide bonds. The minimum atomic E-state index is -0.000162. The van der Waals surface area contributed by atoms with Gasteiger partial charge in [0.15, 0.2) is 11.6 Å². The van der Waals surface area contributed by atoms with Crippen molar-refractivity contribution in [1.82, 2.24) is 24.9 Å². The van der Waals surface area contributed by atoms with Gasteiger partial charge in [0.2, 0.25) is 11.7 Å². The number of carbonyl (C=O) groups excluding carboxylic acids is 2. The predicted octanol–water partition coefficient (Wildman–Crippen LogP) is 3.45. The number of benzene rings is 1. The second-order valence-corrected chi connectivity index (χ2v) is 8.74. The summed E-state index contributed by atoms with van der Waals surface area (Å²) in [7, 11) is 0. The molecule has 8 heteroatoms. The number of aromatic nitrogens is 3. The molecular formula is C25H31N5O3. The number of H-pyrrole nitrogens is 1. The Kier molecular flexibility index (Phi) is 6.85. The number of piperazine rings is 1.